The van der Waals surface area contributed by atoms with E-state index in [0.29, 0.717) is 38.9 Å². The van der Waals surface area contributed by atoms with Gasteiger partial charge in [-0.25, -0.2) is 0 Å². The second-order valence-corrected chi connectivity index (χ2v) is 9.37. The van der Waals surface area contributed by atoms with Gasteiger partial charge in [0, 0.05) is 21.3 Å². The molecular formula is C24H20Cl3NO3S. The van der Waals surface area contributed by atoms with E-state index in [0.717, 1.165) is 16.8 Å². The van der Waals surface area contributed by atoms with Gasteiger partial charge in [0.25, 0.3) is 0 Å². The highest BCUT2D eigenvalue weighted by Gasteiger charge is 2.35. The summed E-state index contributed by atoms with van der Waals surface area (Å²) in [5.74, 6) is 1.37. The molecule has 1 fully saturated rings. The molecule has 8 heteroatoms. The summed E-state index contributed by atoms with van der Waals surface area (Å²) < 4.78 is 11.9. The normalized spacial score (nSPS) is 15.8. The van der Waals surface area contributed by atoms with Crippen LogP contribution in [-0.4, -0.2) is 18.3 Å². The Balaban J connectivity index is 1.65. The van der Waals surface area contributed by atoms with Gasteiger partial charge >= 0.3 is 0 Å². The maximum atomic E-state index is 12.7. The largest absolute Gasteiger partial charge is 0.490 e. The molecule has 0 aliphatic carbocycles. The molecule has 1 amide bonds. The fraction of sp³-hybridized carbons (Fsp3) is 0.208. The van der Waals surface area contributed by atoms with Crippen LogP contribution in [0.2, 0.25) is 15.1 Å². The number of amides is 1. The van der Waals surface area contributed by atoms with Crippen molar-refractivity contribution >= 4 is 58.2 Å². The average Bonchev–Trinajstić information content (AvgIpc) is 3.16. The van der Waals surface area contributed by atoms with E-state index >= 15 is 0 Å². The van der Waals surface area contributed by atoms with Gasteiger partial charge in [-0.2, -0.15) is 0 Å². The highest BCUT2D eigenvalue weighted by molar-refractivity contribution is 8.00. The first kappa shape index (κ1) is 23.1. The maximum absolute atomic E-state index is 12.7. The highest BCUT2D eigenvalue weighted by Crippen LogP contribution is 2.46. The van der Waals surface area contributed by atoms with Gasteiger partial charge in [-0.05, 0) is 55.0 Å². The number of halogens is 3. The van der Waals surface area contributed by atoms with Crippen molar-refractivity contribution < 1.29 is 14.3 Å². The van der Waals surface area contributed by atoms with Crippen molar-refractivity contribution in [2.24, 2.45) is 0 Å². The number of anilines is 1. The van der Waals surface area contributed by atoms with E-state index in [1.54, 1.807) is 17.0 Å². The number of ether oxygens (including phenoxy) is 2. The molecule has 166 valence electrons. The van der Waals surface area contributed by atoms with Crippen LogP contribution in [0.5, 0.6) is 11.5 Å². The number of benzene rings is 3. The summed E-state index contributed by atoms with van der Waals surface area (Å²) in [6.07, 6.45) is 0. The Kier molecular flexibility index (Phi) is 7.41. The number of nitrogens with zero attached hydrogens (tertiary/aromatic N) is 1. The van der Waals surface area contributed by atoms with Crippen molar-refractivity contribution in [3.05, 3.63) is 86.9 Å². The SMILES string of the molecule is CCOc1cc([C@@H]2SCC(=O)N2c2ccc(Cl)cc2)cc(Cl)c1OCc1ccccc1Cl. The molecule has 1 saturated heterocycles. The van der Waals surface area contributed by atoms with Crippen molar-refractivity contribution in [3.8, 4) is 11.5 Å². The van der Waals surface area contributed by atoms with Crippen molar-refractivity contribution in [1.82, 2.24) is 0 Å². The average molecular weight is 509 g/mol. The van der Waals surface area contributed by atoms with E-state index in [1.807, 2.05) is 55.5 Å². The summed E-state index contributed by atoms with van der Waals surface area (Å²) in [6, 6.07) is 18.4. The van der Waals surface area contributed by atoms with Crippen LogP contribution in [0.15, 0.2) is 60.7 Å². The zero-order valence-corrected chi connectivity index (χ0v) is 20.3. The van der Waals surface area contributed by atoms with Gasteiger partial charge in [0.1, 0.15) is 12.0 Å². The van der Waals surface area contributed by atoms with Crippen LogP contribution >= 0.6 is 46.6 Å². The minimum atomic E-state index is -0.238. The van der Waals surface area contributed by atoms with E-state index in [4.69, 9.17) is 44.3 Å². The van der Waals surface area contributed by atoms with E-state index < -0.39 is 0 Å². The molecule has 0 spiro atoms. The molecule has 0 bridgehead atoms. The van der Waals surface area contributed by atoms with Crippen LogP contribution in [0.1, 0.15) is 23.4 Å². The van der Waals surface area contributed by atoms with Crippen LogP contribution in [0.25, 0.3) is 0 Å². The van der Waals surface area contributed by atoms with Gasteiger partial charge in [-0.1, -0.05) is 53.0 Å². The summed E-state index contributed by atoms with van der Waals surface area (Å²) >= 11 is 20.4. The predicted molar refractivity (Wildman–Crippen MR) is 133 cm³/mol. The zero-order valence-electron chi connectivity index (χ0n) is 17.2. The van der Waals surface area contributed by atoms with Gasteiger partial charge in [0.2, 0.25) is 5.91 Å². The summed E-state index contributed by atoms with van der Waals surface area (Å²) in [5.41, 5.74) is 2.49. The van der Waals surface area contributed by atoms with Crippen LogP contribution in [0, 0.1) is 0 Å². The standard InChI is InChI=1S/C24H20Cl3NO3S/c1-2-30-21-12-16(11-20(27)23(21)31-13-15-5-3-4-6-19(15)26)24-28(22(29)14-32-24)18-9-7-17(25)8-10-18/h3-12,24H,2,13-14H2,1H3/t24-/m0/s1. The summed E-state index contributed by atoms with van der Waals surface area (Å²) in [6.45, 7) is 2.60. The Bertz CT molecular complexity index is 1120. The molecule has 1 heterocycles. The Labute approximate surface area is 206 Å². The number of hydrogen-bond donors (Lipinski definition) is 0. The molecule has 0 unspecified atom stereocenters. The van der Waals surface area contributed by atoms with E-state index in [9.17, 15) is 4.79 Å². The monoisotopic (exact) mass is 507 g/mol. The summed E-state index contributed by atoms with van der Waals surface area (Å²) in [5, 5.41) is 1.41. The summed E-state index contributed by atoms with van der Waals surface area (Å²) in [7, 11) is 0. The summed E-state index contributed by atoms with van der Waals surface area (Å²) in [4.78, 5) is 14.4. The Hall–Kier alpha value is -2.05. The molecule has 0 saturated carbocycles. The van der Waals surface area contributed by atoms with Crippen LogP contribution in [0.4, 0.5) is 5.69 Å². The molecular weight excluding hydrogens is 489 g/mol. The quantitative estimate of drug-likeness (QED) is 0.333. The molecule has 4 rings (SSSR count). The molecule has 1 aliphatic rings. The second-order valence-electron chi connectivity index (χ2n) is 7.05. The van der Waals surface area contributed by atoms with Gasteiger partial charge < -0.3 is 9.47 Å². The lowest BCUT2D eigenvalue weighted by Gasteiger charge is -2.25. The third kappa shape index (κ3) is 4.96. The Morgan fingerprint density at radius 1 is 1.00 bits per heavy atom. The third-order valence-electron chi connectivity index (χ3n) is 4.92. The van der Waals surface area contributed by atoms with Crippen LogP contribution in [-0.2, 0) is 11.4 Å². The molecule has 3 aromatic carbocycles. The third-order valence-corrected chi connectivity index (χ3v) is 7.03. The molecule has 3 aromatic rings. The fourth-order valence-electron chi connectivity index (χ4n) is 3.45. The van der Waals surface area contributed by atoms with Gasteiger partial charge in [0.05, 0.1) is 17.4 Å². The Morgan fingerprint density at radius 3 is 2.47 bits per heavy atom. The molecule has 32 heavy (non-hydrogen) atoms. The molecule has 0 aromatic heterocycles. The van der Waals surface area contributed by atoms with Gasteiger partial charge in [-0.15, -0.1) is 11.8 Å². The Morgan fingerprint density at radius 2 is 1.75 bits per heavy atom. The predicted octanol–water partition coefficient (Wildman–Crippen LogP) is 7.40. The molecule has 1 atom stereocenters. The molecule has 0 N–H and O–H groups in total. The molecule has 4 nitrogen and oxygen atoms in total. The second kappa shape index (κ2) is 10.3. The zero-order chi connectivity index (χ0) is 22.7. The van der Waals surface area contributed by atoms with Crippen molar-refractivity contribution in [2.45, 2.75) is 18.9 Å². The number of carbonyl (C=O) groups is 1. The van der Waals surface area contributed by atoms with E-state index in [2.05, 4.69) is 0 Å². The first-order valence-corrected chi connectivity index (χ1v) is 12.2. The maximum Gasteiger partial charge on any atom is 0.238 e. The molecule has 0 radical (unpaired) electrons. The smallest absolute Gasteiger partial charge is 0.238 e. The topological polar surface area (TPSA) is 38.8 Å². The minimum absolute atomic E-state index is 0.0236. The highest BCUT2D eigenvalue weighted by atomic mass is 35.5. The lowest BCUT2D eigenvalue weighted by Crippen LogP contribution is -2.27. The fourth-order valence-corrected chi connectivity index (χ4v) is 5.20. The van der Waals surface area contributed by atoms with Gasteiger partial charge in [0.15, 0.2) is 11.5 Å². The lowest BCUT2D eigenvalue weighted by atomic mass is 10.1. The van der Waals surface area contributed by atoms with Gasteiger partial charge in [-0.3, -0.25) is 9.69 Å². The number of carbonyl (C=O) groups excluding carboxylic acids is 1. The molecule has 1 aliphatic heterocycles. The first-order valence-electron chi connectivity index (χ1n) is 9.99. The first-order chi connectivity index (χ1) is 15.5. The van der Waals surface area contributed by atoms with Crippen molar-refractivity contribution in [1.29, 1.82) is 0 Å². The number of thioether (sulfide) groups is 1. The minimum Gasteiger partial charge on any atom is -0.490 e. The van der Waals surface area contributed by atoms with Crippen LogP contribution in [0.3, 0.4) is 0 Å². The van der Waals surface area contributed by atoms with Crippen molar-refractivity contribution in [3.63, 3.8) is 0 Å². The number of hydrogen-bond acceptors (Lipinski definition) is 4. The number of rotatable bonds is 7. The van der Waals surface area contributed by atoms with Crippen LogP contribution < -0.4 is 14.4 Å². The van der Waals surface area contributed by atoms with E-state index in [1.165, 1.54) is 11.8 Å². The van der Waals surface area contributed by atoms with Crippen molar-refractivity contribution in [2.75, 3.05) is 17.3 Å². The van der Waals surface area contributed by atoms with E-state index in [-0.39, 0.29) is 17.9 Å². The lowest BCUT2D eigenvalue weighted by molar-refractivity contribution is -0.115.